The second-order valence-corrected chi connectivity index (χ2v) is 4.11. The first-order valence-electron chi connectivity index (χ1n) is 6.04. The van der Waals surface area contributed by atoms with Crippen molar-refractivity contribution >= 4 is 10.9 Å². The van der Waals surface area contributed by atoms with Crippen LogP contribution in [0.1, 0.15) is 19.5 Å². The number of nitrogens with zero attached hydrogens (tertiary/aromatic N) is 2. The van der Waals surface area contributed by atoms with Crippen molar-refractivity contribution in [3.63, 3.8) is 0 Å². The Labute approximate surface area is 102 Å². The predicted molar refractivity (Wildman–Crippen MR) is 70.0 cm³/mol. The van der Waals surface area contributed by atoms with Crippen LogP contribution in [0.5, 0.6) is 5.75 Å². The van der Waals surface area contributed by atoms with Gasteiger partial charge in [-0.2, -0.15) is 0 Å². The summed E-state index contributed by atoms with van der Waals surface area (Å²) in [5, 5.41) is 10.7. The summed E-state index contributed by atoms with van der Waals surface area (Å²) in [6.45, 7) is 7.13. The fourth-order valence-corrected chi connectivity index (χ4v) is 1.94. The lowest BCUT2D eigenvalue weighted by molar-refractivity contribution is 0.292. The molecule has 0 radical (unpaired) electrons. The summed E-state index contributed by atoms with van der Waals surface area (Å²) in [5.41, 5.74) is 1.69. The lowest BCUT2D eigenvalue weighted by atomic mass is 10.2. The molecule has 0 fully saturated rings. The molecule has 3 heteroatoms. The summed E-state index contributed by atoms with van der Waals surface area (Å²) in [5.74, 6) is 0.254. The van der Waals surface area contributed by atoms with Gasteiger partial charge in [0.1, 0.15) is 11.3 Å². The molecule has 1 aromatic carbocycles. The largest absolute Gasteiger partial charge is 0.506 e. The van der Waals surface area contributed by atoms with Crippen LogP contribution in [0, 0.1) is 0 Å². The lowest BCUT2D eigenvalue weighted by Crippen LogP contribution is -2.22. The van der Waals surface area contributed by atoms with Crippen molar-refractivity contribution in [2.24, 2.45) is 0 Å². The number of benzene rings is 1. The zero-order valence-corrected chi connectivity index (χ0v) is 10.3. The molecule has 1 N–H and O–H groups in total. The monoisotopic (exact) mass is 230 g/mol. The van der Waals surface area contributed by atoms with Crippen LogP contribution in [-0.4, -0.2) is 28.1 Å². The van der Waals surface area contributed by atoms with Crippen molar-refractivity contribution in [1.82, 2.24) is 9.88 Å². The molecule has 0 aliphatic carbocycles. The number of aromatic hydroxyl groups is 1. The number of para-hydroxylation sites is 1. The van der Waals surface area contributed by atoms with E-state index in [1.807, 2.05) is 24.3 Å². The number of hydrogen-bond acceptors (Lipinski definition) is 3. The number of phenols is 1. The molecule has 0 atom stereocenters. The molecule has 0 saturated heterocycles. The van der Waals surface area contributed by atoms with Crippen LogP contribution in [0.25, 0.3) is 10.9 Å². The van der Waals surface area contributed by atoms with Gasteiger partial charge < -0.3 is 5.11 Å². The third kappa shape index (κ3) is 2.56. The number of aromatic nitrogens is 1. The minimum absolute atomic E-state index is 0.254. The van der Waals surface area contributed by atoms with E-state index >= 15 is 0 Å². The van der Waals surface area contributed by atoms with Crippen molar-refractivity contribution in [3.05, 3.63) is 36.0 Å². The van der Waals surface area contributed by atoms with E-state index in [9.17, 15) is 5.11 Å². The van der Waals surface area contributed by atoms with Gasteiger partial charge in [-0.15, -0.1) is 0 Å². The smallest absolute Gasteiger partial charge is 0.141 e. The molecule has 3 nitrogen and oxygen atoms in total. The molecule has 0 unspecified atom stereocenters. The quantitative estimate of drug-likeness (QED) is 0.877. The lowest BCUT2D eigenvalue weighted by Gasteiger charge is -2.17. The van der Waals surface area contributed by atoms with Crippen LogP contribution >= 0.6 is 0 Å². The van der Waals surface area contributed by atoms with Crippen molar-refractivity contribution in [3.8, 4) is 5.75 Å². The van der Waals surface area contributed by atoms with Gasteiger partial charge in [0.05, 0.1) is 5.69 Å². The van der Waals surface area contributed by atoms with Gasteiger partial charge in [0.25, 0.3) is 0 Å². The van der Waals surface area contributed by atoms with Crippen LogP contribution in [0.4, 0.5) is 0 Å². The standard InChI is InChI=1S/C14H18N2O/c1-3-16(4-2)10-12-9-8-11-6-5-7-13(17)14(11)15-12/h5-9,17H,3-4,10H2,1-2H3. The maximum atomic E-state index is 9.77. The molecule has 2 rings (SSSR count). The van der Waals surface area contributed by atoms with Crippen molar-refractivity contribution < 1.29 is 5.11 Å². The number of hydrogen-bond donors (Lipinski definition) is 1. The SMILES string of the molecule is CCN(CC)Cc1ccc2cccc(O)c2n1. The van der Waals surface area contributed by atoms with E-state index in [2.05, 4.69) is 23.7 Å². The van der Waals surface area contributed by atoms with E-state index in [-0.39, 0.29) is 5.75 Å². The van der Waals surface area contributed by atoms with Crippen LogP contribution in [0.2, 0.25) is 0 Å². The Hall–Kier alpha value is -1.61. The Morgan fingerprint density at radius 3 is 2.59 bits per heavy atom. The summed E-state index contributed by atoms with van der Waals surface area (Å²) in [6, 6.07) is 9.52. The average Bonchev–Trinajstić information content (AvgIpc) is 2.37. The van der Waals surface area contributed by atoms with Crippen LogP contribution in [0.3, 0.4) is 0 Å². The molecule has 0 aliphatic rings. The van der Waals surface area contributed by atoms with Crippen molar-refractivity contribution in [1.29, 1.82) is 0 Å². The number of phenolic OH excluding ortho intramolecular Hbond substituents is 1. The topological polar surface area (TPSA) is 36.4 Å². The molecular formula is C14H18N2O. The van der Waals surface area contributed by atoms with Gasteiger partial charge in [0.2, 0.25) is 0 Å². The molecule has 2 aromatic rings. The second-order valence-electron chi connectivity index (χ2n) is 4.11. The van der Waals surface area contributed by atoms with Crippen LogP contribution in [0.15, 0.2) is 30.3 Å². The Balaban J connectivity index is 2.34. The van der Waals surface area contributed by atoms with Gasteiger partial charge in [-0.3, -0.25) is 4.90 Å². The average molecular weight is 230 g/mol. The Bertz CT molecular complexity index is 507. The predicted octanol–water partition coefficient (Wildman–Crippen LogP) is 2.78. The molecular weight excluding hydrogens is 212 g/mol. The molecule has 17 heavy (non-hydrogen) atoms. The zero-order valence-electron chi connectivity index (χ0n) is 10.3. The highest BCUT2D eigenvalue weighted by molar-refractivity contribution is 5.84. The van der Waals surface area contributed by atoms with Gasteiger partial charge in [-0.05, 0) is 25.2 Å². The molecule has 1 aromatic heterocycles. The van der Waals surface area contributed by atoms with Crippen molar-refractivity contribution in [2.45, 2.75) is 20.4 Å². The van der Waals surface area contributed by atoms with E-state index in [0.717, 1.165) is 30.7 Å². The first kappa shape index (κ1) is 11.9. The minimum atomic E-state index is 0.254. The van der Waals surface area contributed by atoms with Gasteiger partial charge in [-0.25, -0.2) is 4.98 Å². The Morgan fingerprint density at radius 1 is 1.12 bits per heavy atom. The minimum Gasteiger partial charge on any atom is -0.506 e. The molecule has 1 heterocycles. The van der Waals surface area contributed by atoms with Gasteiger partial charge in [0, 0.05) is 11.9 Å². The summed E-state index contributed by atoms with van der Waals surface area (Å²) >= 11 is 0. The van der Waals surface area contributed by atoms with Crippen molar-refractivity contribution in [2.75, 3.05) is 13.1 Å². The molecule has 0 aliphatic heterocycles. The molecule has 0 amide bonds. The van der Waals surface area contributed by atoms with E-state index in [1.165, 1.54) is 0 Å². The summed E-state index contributed by atoms with van der Waals surface area (Å²) in [6.07, 6.45) is 0. The molecule has 0 spiro atoms. The second kappa shape index (κ2) is 5.15. The van der Waals surface area contributed by atoms with Gasteiger partial charge >= 0.3 is 0 Å². The summed E-state index contributed by atoms with van der Waals surface area (Å²) < 4.78 is 0. The first-order chi connectivity index (χ1) is 8.24. The zero-order chi connectivity index (χ0) is 12.3. The first-order valence-corrected chi connectivity index (χ1v) is 6.04. The molecule has 0 saturated carbocycles. The van der Waals surface area contributed by atoms with Crippen LogP contribution in [-0.2, 0) is 6.54 Å². The molecule has 90 valence electrons. The fraction of sp³-hybridized carbons (Fsp3) is 0.357. The van der Waals surface area contributed by atoms with Gasteiger partial charge in [0.15, 0.2) is 0 Å². The van der Waals surface area contributed by atoms with E-state index in [1.54, 1.807) is 6.07 Å². The van der Waals surface area contributed by atoms with Gasteiger partial charge in [-0.1, -0.05) is 32.0 Å². The van der Waals surface area contributed by atoms with E-state index < -0.39 is 0 Å². The molecule has 0 bridgehead atoms. The highest BCUT2D eigenvalue weighted by Crippen LogP contribution is 2.22. The number of rotatable bonds is 4. The Kier molecular flexibility index (Phi) is 3.59. The summed E-state index contributed by atoms with van der Waals surface area (Å²) in [7, 11) is 0. The number of fused-ring (bicyclic) bond motifs is 1. The Morgan fingerprint density at radius 2 is 1.88 bits per heavy atom. The van der Waals surface area contributed by atoms with Crippen LogP contribution < -0.4 is 0 Å². The third-order valence-electron chi connectivity index (χ3n) is 3.04. The highest BCUT2D eigenvalue weighted by Gasteiger charge is 2.05. The normalized spacial score (nSPS) is 11.2. The summed E-state index contributed by atoms with van der Waals surface area (Å²) in [4.78, 5) is 6.82. The van der Waals surface area contributed by atoms with E-state index in [0.29, 0.717) is 5.52 Å². The highest BCUT2D eigenvalue weighted by atomic mass is 16.3. The maximum absolute atomic E-state index is 9.77. The maximum Gasteiger partial charge on any atom is 0.141 e. The van der Waals surface area contributed by atoms with E-state index in [4.69, 9.17) is 0 Å². The third-order valence-corrected chi connectivity index (χ3v) is 3.04. The number of pyridine rings is 1. The fourth-order valence-electron chi connectivity index (χ4n) is 1.94.